The number of benzene rings is 1. The number of methoxy groups -OCH3 is 1. The SMILES string of the molecule is COC(=O)C1C(NCc2ccc(F)cc2)[C@@H]2C=C[C@H]1C2. The predicted molar refractivity (Wildman–Crippen MR) is 73.3 cm³/mol. The quantitative estimate of drug-likeness (QED) is 0.677. The minimum Gasteiger partial charge on any atom is -0.469 e. The van der Waals surface area contributed by atoms with Crippen LogP contribution in [0.4, 0.5) is 4.39 Å². The van der Waals surface area contributed by atoms with Gasteiger partial charge in [-0.25, -0.2) is 4.39 Å². The molecule has 3 rings (SSSR count). The molecule has 106 valence electrons. The van der Waals surface area contributed by atoms with Gasteiger partial charge in [-0.1, -0.05) is 24.3 Å². The largest absolute Gasteiger partial charge is 0.469 e. The molecule has 20 heavy (non-hydrogen) atoms. The Balaban J connectivity index is 1.68. The standard InChI is InChI=1S/C16H18FNO2/c1-20-16(19)14-11-4-5-12(8-11)15(14)18-9-10-2-6-13(17)7-3-10/h2-7,11-12,14-15,18H,8-9H2,1H3/t11-,12+,14?,15?/m0/s1. The Morgan fingerprint density at radius 2 is 2.00 bits per heavy atom. The monoisotopic (exact) mass is 275 g/mol. The van der Waals surface area contributed by atoms with E-state index in [0.29, 0.717) is 12.5 Å². The molecule has 1 fully saturated rings. The van der Waals surface area contributed by atoms with Crippen molar-refractivity contribution in [3.8, 4) is 0 Å². The molecule has 3 nitrogen and oxygen atoms in total. The number of ether oxygens (including phenoxy) is 1. The van der Waals surface area contributed by atoms with Crippen molar-refractivity contribution in [3.63, 3.8) is 0 Å². The second-order valence-electron chi connectivity index (χ2n) is 5.53. The van der Waals surface area contributed by atoms with Crippen LogP contribution >= 0.6 is 0 Å². The first kappa shape index (κ1) is 13.3. The average molecular weight is 275 g/mol. The van der Waals surface area contributed by atoms with E-state index in [1.54, 1.807) is 12.1 Å². The van der Waals surface area contributed by atoms with Gasteiger partial charge in [0.15, 0.2) is 0 Å². The molecule has 2 aliphatic carbocycles. The zero-order valence-corrected chi connectivity index (χ0v) is 11.4. The Morgan fingerprint density at radius 1 is 1.30 bits per heavy atom. The summed E-state index contributed by atoms with van der Waals surface area (Å²) < 4.78 is 17.8. The second kappa shape index (κ2) is 5.37. The summed E-state index contributed by atoms with van der Waals surface area (Å²) in [4.78, 5) is 11.9. The summed E-state index contributed by atoms with van der Waals surface area (Å²) in [5.41, 5.74) is 1.02. The fraction of sp³-hybridized carbons (Fsp3) is 0.438. The molecule has 1 N–H and O–H groups in total. The first-order valence-electron chi connectivity index (χ1n) is 6.93. The Morgan fingerprint density at radius 3 is 2.70 bits per heavy atom. The van der Waals surface area contributed by atoms with Gasteiger partial charge < -0.3 is 10.1 Å². The van der Waals surface area contributed by atoms with E-state index in [1.807, 2.05) is 0 Å². The topological polar surface area (TPSA) is 38.3 Å². The molecule has 2 bridgehead atoms. The highest BCUT2D eigenvalue weighted by atomic mass is 19.1. The summed E-state index contributed by atoms with van der Waals surface area (Å²) in [7, 11) is 1.44. The maximum atomic E-state index is 12.9. The number of fused-ring (bicyclic) bond motifs is 2. The third kappa shape index (κ3) is 2.36. The summed E-state index contributed by atoms with van der Waals surface area (Å²) >= 11 is 0. The minimum absolute atomic E-state index is 0.101. The van der Waals surface area contributed by atoms with Gasteiger partial charge in [0.2, 0.25) is 0 Å². The lowest BCUT2D eigenvalue weighted by Crippen LogP contribution is -2.43. The first-order valence-corrected chi connectivity index (χ1v) is 6.93. The van der Waals surface area contributed by atoms with Gasteiger partial charge in [0, 0.05) is 12.6 Å². The zero-order valence-electron chi connectivity index (χ0n) is 11.4. The van der Waals surface area contributed by atoms with Crippen LogP contribution in [-0.4, -0.2) is 19.1 Å². The van der Waals surface area contributed by atoms with Gasteiger partial charge >= 0.3 is 5.97 Å². The van der Waals surface area contributed by atoms with Crippen LogP contribution in [0.1, 0.15) is 12.0 Å². The molecular weight excluding hydrogens is 257 g/mol. The van der Waals surface area contributed by atoms with Crippen LogP contribution in [0.3, 0.4) is 0 Å². The molecule has 0 heterocycles. The van der Waals surface area contributed by atoms with E-state index < -0.39 is 0 Å². The Kier molecular flexibility index (Phi) is 3.57. The van der Waals surface area contributed by atoms with Crippen LogP contribution in [-0.2, 0) is 16.1 Å². The molecule has 0 radical (unpaired) electrons. The Bertz CT molecular complexity index is 526. The normalized spacial score (nSPS) is 30.7. The van der Waals surface area contributed by atoms with Crippen LogP contribution in [0.25, 0.3) is 0 Å². The van der Waals surface area contributed by atoms with Crippen molar-refractivity contribution in [1.82, 2.24) is 5.32 Å². The fourth-order valence-electron chi connectivity index (χ4n) is 3.40. The summed E-state index contributed by atoms with van der Waals surface area (Å²) in [5.74, 6) is 0.209. The molecule has 4 heteroatoms. The Hall–Kier alpha value is -1.68. The summed E-state index contributed by atoms with van der Waals surface area (Å²) in [5, 5.41) is 3.44. The van der Waals surface area contributed by atoms with Crippen LogP contribution in [0.15, 0.2) is 36.4 Å². The molecular formula is C16H18FNO2. The van der Waals surface area contributed by atoms with Gasteiger partial charge in [0.1, 0.15) is 5.82 Å². The van der Waals surface area contributed by atoms with Crippen molar-refractivity contribution in [3.05, 3.63) is 47.8 Å². The van der Waals surface area contributed by atoms with E-state index in [4.69, 9.17) is 4.74 Å². The number of esters is 1. The molecule has 1 aromatic rings. The van der Waals surface area contributed by atoms with Crippen molar-refractivity contribution in [2.45, 2.75) is 19.0 Å². The number of hydrogen-bond acceptors (Lipinski definition) is 3. The van der Waals surface area contributed by atoms with E-state index in [1.165, 1.54) is 19.2 Å². The number of hydrogen-bond donors (Lipinski definition) is 1. The third-order valence-electron chi connectivity index (χ3n) is 4.39. The predicted octanol–water partition coefficient (Wildman–Crippen LogP) is 2.28. The lowest BCUT2D eigenvalue weighted by atomic mass is 9.89. The van der Waals surface area contributed by atoms with Crippen molar-refractivity contribution >= 4 is 5.97 Å². The summed E-state index contributed by atoms with van der Waals surface area (Å²) in [6.45, 7) is 0.634. The van der Waals surface area contributed by atoms with Crippen LogP contribution in [0, 0.1) is 23.6 Å². The summed E-state index contributed by atoms with van der Waals surface area (Å²) in [6.07, 6.45) is 5.33. The van der Waals surface area contributed by atoms with Gasteiger partial charge in [-0.3, -0.25) is 4.79 Å². The number of halogens is 1. The molecule has 0 aromatic heterocycles. The van der Waals surface area contributed by atoms with Crippen LogP contribution < -0.4 is 5.32 Å². The highest BCUT2D eigenvalue weighted by molar-refractivity contribution is 5.75. The molecule has 0 spiro atoms. The lowest BCUT2D eigenvalue weighted by molar-refractivity contribution is -0.147. The van der Waals surface area contributed by atoms with Gasteiger partial charge in [0.25, 0.3) is 0 Å². The molecule has 0 amide bonds. The molecule has 4 atom stereocenters. The van der Waals surface area contributed by atoms with Crippen molar-refractivity contribution in [2.75, 3.05) is 7.11 Å². The molecule has 1 aromatic carbocycles. The van der Waals surface area contributed by atoms with E-state index in [-0.39, 0.29) is 29.7 Å². The zero-order chi connectivity index (χ0) is 14.1. The van der Waals surface area contributed by atoms with Crippen molar-refractivity contribution < 1.29 is 13.9 Å². The van der Waals surface area contributed by atoms with Crippen molar-refractivity contribution in [1.29, 1.82) is 0 Å². The van der Waals surface area contributed by atoms with E-state index in [9.17, 15) is 9.18 Å². The highest BCUT2D eigenvalue weighted by Gasteiger charge is 2.48. The smallest absolute Gasteiger partial charge is 0.310 e. The van der Waals surface area contributed by atoms with E-state index in [0.717, 1.165) is 12.0 Å². The fourth-order valence-corrected chi connectivity index (χ4v) is 3.40. The molecule has 0 saturated heterocycles. The second-order valence-corrected chi connectivity index (χ2v) is 5.53. The number of carbonyl (C=O) groups excluding carboxylic acids is 1. The summed E-state index contributed by atoms with van der Waals surface area (Å²) in [6, 6.07) is 6.55. The molecule has 2 unspecified atom stereocenters. The number of allylic oxidation sites excluding steroid dienone is 1. The molecule has 2 aliphatic rings. The van der Waals surface area contributed by atoms with Gasteiger partial charge in [-0.15, -0.1) is 0 Å². The van der Waals surface area contributed by atoms with Crippen LogP contribution in [0.2, 0.25) is 0 Å². The van der Waals surface area contributed by atoms with Crippen LogP contribution in [0.5, 0.6) is 0 Å². The lowest BCUT2D eigenvalue weighted by Gasteiger charge is -2.27. The van der Waals surface area contributed by atoms with Crippen molar-refractivity contribution in [2.24, 2.45) is 17.8 Å². The number of rotatable bonds is 4. The van der Waals surface area contributed by atoms with Gasteiger partial charge in [-0.2, -0.15) is 0 Å². The van der Waals surface area contributed by atoms with Gasteiger partial charge in [0.05, 0.1) is 13.0 Å². The highest BCUT2D eigenvalue weighted by Crippen LogP contribution is 2.44. The minimum atomic E-state index is -0.232. The molecule has 0 aliphatic heterocycles. The van der Waals surface area contributed by atoms with E-state index >= 15 is 0 Å². The van der Waals surface area contributed by atoms with E-state index in [2.05, 4.69) is 17.5 Å². The Labute approximate surface area is 117 Å². The number of nitrogens with one attached hydrogen (secondary N) is 1. The third-order valence-corrected chi connectivity index (χ3v) is 4.39. The number of carbonyl (C=O) groups is 1. The maximum Gasteiger partial charge on any atom is 0.310 e. The average Bonchev–Trinajstić information content (AvgIpc) is 3.06. The first-order chi connectivity index (χ1) is 9.69. The molecule has 1 saturated carbocycles. The van der Waals surface area contributed by atoms with Gasteiger partial charge in [-0.05, 0) is 36.0 Å². The maximum absolute atomic E-state index is 12.9.